The summed E-state index contributed by atoms with van der Waals surface area (Å²) in [7, 11) is 0. The normalized spacial score (nSPS) is 19.0. The van der Waals surface area contributed by atoms with Crippen LogP contribution in [0.25, 0.3) is 0 Å². The molecule has 6 nitrogen and oxygen atoms in total. The highest BCUT2D eigenvalue weighted by atomic mass is 32.1. The first-order valence-electron chi connectivity index (χ1n) is 6.29. The van der Waals surface area contributed by atoms with Gasteiger partial charge in [-0.1, -0.05) is 12.1 Å². The number of thiocarbonyl (C=S) groups is 1. The van der Waals surface area contributed by atoms with Crippen LogP contribution in [-0.2, 0) is 16.1 Å². The van der Waals surface area contributed by atoms with Gasteiger partial charge in [0.25, 0.3) is 0 Å². The van der Waals surface area contributed by atoms with Crippen LogP contribution in [0.5, 0.6) is 0 Å². The van der Waals surface area contributed by atoms with Gasteiger partial charge in [-0.2, -0.15) is 0 Å². The second-order valence-corrected chi connectivity index (χ2v) is 4.75. The zero-order chi connectivity index (χ0) is 15.2. The van der Waals surface area contributed by atoms with Crippen LogP contribution in [0.15, 0.2) is 42.2 Å². The molecule has 1 atom stereocenters. The van der Waals surface area contributed by atoms with Gasteiger partial charge < -0.3 is 5.32 Å². The van der Waals surface area contributed by atoms with E-state index >= 15 is 0 Å². The van der Waals surface area contributed by atoms with Gasteiger partial charge in [-0.3, -0.25) is 24.5 Å². The Kier molecular flexibility index (Phi) is 4.89. The van der Waals surface area contributed by atoms with E-state index in [1.165, 1.54) is 11.1 Å². The number of hydrogen-bond donors (Lipinski definition) is 1. The Balaban J connectivity index is 2.07. The average molecular weight is 302 g/mol. The zero-order valence-electron chi connectivity index (χ0n) is 11.2. The molecule has 0 bridgehead atoms. The fourth-order valence-electron chi connectivity index (χ4n) is 1.82. The monoisotopic (exact) mass is 302 g/mol. The molecular formula is C14H14N4O2S. The summed E-state index contributed by atoms with van der Waals surface area (Å²) in [5.41, 5.74) is 0.899. The Bertz CT molecular complexity index is 600. The average Bonchev–Trinajstić information content (AvgIpc) is 2.48. The second-order valence-electron chi connectivity index (χ2n) is 4.36. The number of nitrogens with zero attached hydrogens (tertiary/aromatic N) is 3. The molecule has 1 N–H and O–H groups in total. The Labute approximate surface area is 127 Å². The SMILES string of the molecule is C=CCN1C(=O)[C@@H](C=NCc2cccnc2)C(=O)NC1=S. The van der Waals surface area contributed by atoms with Gasteiger partial charge >= 0.3 is 0 Å². The predicted molar refractivity (Wildman–Crippen MR) is 82.6 cm³/mol. The van der Waals surface area contributed by atoms with Crippen molar-refractivity contribution in [3.05, 3.63) is 42.7 Å². The van der Waals surface area contributed by atoms with Crippen LogP contribution >= 0.6 is 12.2 Å². The number of amides is 2. The molecule has 1 aromatic heterocycles. The first kappa shape index (κ1) is 15.0. The standard InChI is InChI=1S/C14H14N4O2S/c1-2-6-18-13(20)11(12(19)17-14(18)21)9-16-8-10-4-3-5-15-7-10/h2-5,7,9,11H,1,6,8H2,(H,17,19,21)/t11-/m0/s1. The zero-order valence-corrected chi connectivity index (χ0v) is 12.0. The van der Waals surface area contributed by atoms with Crippen LogP contribution in [0.4, 0.5) is 0 Å². The third kappa shape index (κ3) is 3.57. The van der Waals surface area contributed by atoms with Gasteiger partial charge in [0, 0.05) is 25.2 Å². The number of carbonyl (C=O) groups is 2. The third-order valence-corrected chi connectivity index (χ3v) is 3.18. The summed E-state index contributed by atoms with van der Waals surface area (Å²) in [6, 6.07) is 3.67. The number of aromatic nitrogens is 1. The Morgan fingerprint density at radius 3 is 3.00 bits per heavy atom. The molecule has 0 aliphatic carbocycles. The fourth-order valence-corrected chi connectivity index (χ4v) is 2.08. The van der Waals surface area contributed by atoms with Crippen LogP contribution in [-0.4, -0.2) is 39.6 Å². The van der Waals surface area contributed by atoms with E-state index in [4.69, 9.17) is 12.2 Å². The molecule has 2 rings (SSSR count). The minimum absolute atomic E-state index is 0.0989. The minimum Gasteiger partial charge on any atom is -0.302 e. The van der Waals surface area contributed by atoms with Crippen LogP contribution < -0.4 is 5.32 Å². The topological polar surface area (TPSA) is 74.7 Å². The molecule has 0 saturated carbocycles. The van der Waals surface area contributed by atoms with E-state index < -0.39 is 17.7 Å². The van der Waals surface area contributed by atoms with Gasteiger partial charge in [-0.05, 0) is 23.8 Å². The molecule has 108 valence electrons. The largest absolute Gasteiger partial charge is 0.302 e. The second kappa shape index (κ2) is 6.85. The third-order valence-electron chi connectivity index (χ3n) is 2.85. The number of hydrogen-bond acceptors (Lipinski definition) is 5. The van der Waals surface area contributed by atoms with E-state index in [1.54, 1.807) is 24.5 Å². The molecular weight excluding hydrogens is 288 g/mol. The lowest BCUT2D eigenvalue weighted by molar-refractivity contribution is -0.137. The van der Waals surface area contributed by atoms with Crippen molar-refractivity contribution in [3.63, 3.8) is 0 Å². The van der Waals surface area contributed by atoms with Crippen molar-refractivity contribution in [1.29, 1.82) is 0 Å². The molecule has 0 spiro atoms. The molecule has 1 fully saturated rings. The Morgan fingerprint density at radius 1 is 1.52 bits per heavy atom. The van der Waals surface area contributed by atoms with E-state index in [2.05, 4.69) is 21.9 Å². The van der Waals surface area contributed by atoms with Gasteiger partial charge in [0.05, 0.1) is 6.54 Å². The van der Waals surface area contributed by atoms with Crippen molar-refractivity contribution in [2.24, 2.45) is 10.9 Å². The first-order chi connectivity index (χ1) is 10.1. The summed E-state index contributed by atoms with van der Waals surface area (Å²) in [5, 5.41) is 2.59. The van der Waals surface area contributed by atoms with Crippen LogP contribution in [0.3, 0.4) is 0 Å². The number of pyridine rings is 1. The van der Waals surface area contributed by atoms with Crippen molar-refractivity contribution in [3.8, 4) is 0 Å². The van der Waals surface area contributed by atoms with E-state index in [1.807, 2.05) is 6.07 Å². The maximum atomic E-state index is 12.2. The number of aliphatic imine (C=N–C) groups is 1. The summed E-state index contributed by atoms with van der Waals surface area (Å²) in [6.45, 7) is 4.18. The van der Waals surface area contributed by atoms with Crippen molar-refractivity contribution in [2.75, 3.05) is 6.54 Å². The van der Waals surface area contributed by atoms with Crippen LogP contribution in [0.2, 0.25) is 0 Å². The van der Waals surface area contributed by atoms with Gasteiger partial charge in [0.15, 0.2) is 11.0 Å². The summed E-state index contributed by atoms with van der Waals surface area (Å²) in [5.74, 6) is -1.81. The lowest BCUT2D eigenvalue weighted by Gasteiger charge is -2.29. The molecule has 7 heteroatoms. The number of rotatable bonds is 5. The van der Waals surface area contributed by atoms with Crippen LogP contribution in [0.1, 0.15) is 5.56 Å². The molecule has 1 aromatic rings. The van der Waals surface area contributed by atoms with Crippen molar-refractivity contribution in [2.45, 2.75) is 6.54 Å². The highest BCUT2D eigenvalue weighted by Crippen LogP contribution is 2.09. The van der Waals surface area contributed by atoms with E-state index in [0.29, 0.717) is 6.54 Å². The summed E-state index contributed by atoms with van der Waals surface area (Å²) >= 11 is 4.96. The fraction of sp³-hybridized carbons (Fsp3) is 0.214. The van der Waals surface area contributed by atoms with Gasteiger partial charge in [0.1, 0.15) is 0 Å². The molecule has 2 amide bonds. The molecule has 0 unspecified atom stereocenters. The predicted octanol–water partition coefficient (Wildman–Crippen LogP) is 0.698. The summed E-state index contributed by atoms with van der Waals surface area (Å²) in [4.78, 5) is 33.4. The van der Waals surface area contributed by atoms with Crippen molar-refractivity contribution in [1.82, 2.24) is 15.2 Å². The number of carbonyl (C=O) groups excluding carboxylic acids is 2. The highest BCUT2D eigenvalue weighted by Gasteiger charge is 2.36. The highest BCUT2D eigenvalue weighted by molar-refractivity contribution is 7.80. The molecule has 0 radical (unpaired) electrons. The van der Waals surface area contributed by atoms with Gasteiger partial charge in [-0.25, -0.2) is 0 Å². The van der Waals surface area contributed by atoms with E-state index in [0.717, 1.165) is 5.56 Å². The molecule has 21 heavy (non-hydrogen) atoms. The van der Waals surface area contributed by atoms with Gasteiger partial charge in [-0.15, -0.1) is 6.58 Å². The first-order valence-corrected chi connectivity index (χ1v) is 6.70. The van der Waals surface area contributed by atoms with E-state index in [9.17, 15) is 9.59 Å². The van der Waals surface area contributed by atoms with Crippen molar-refractivity contribution < 1.29 is 9.59 Å². The maximum absolute atomic E-state index is 12.2. The molecule has 0 aromatic carbocycles. The summed E-state index contributed by atoms with van der Waals surface area (Å²) in [6.07, 6.45) is 6.24. The number of nitrogens with one attached hydrogen (secondary N) is 1. The lowest BCUT2D eigenvalue weighted by atomic mass is 10.1. The minimum atomic E-state index is -0.965. The molecule has 1 aliphatic heterocycles. The lowest BCUT2D eigenvalue weighted by Crippen LogP contribution is -2.58. The quantitative estimate of drug-likeness (QED) is 0.376. The summed E-state index contributed by atoms with van der Waals surface area (Å²) < 4.78 is 0. The van der Waals surface area contributed by atoms with E-state index in [-0.39, 0.29) is 11.7 Å². The Morgan fingerprint density at radius 2 is 2.33 bits per heavy atom. The molecule has 2 heterocycles. The van der Waals surface area contributed by atoms with Gasteiger partial charge in [0.2, 0.25) is 11.8 Å². The van der Waals surface area contributed by atoms with Crippen molar-refractivity contribution >= 4 is 35.4 Å². The Hall–Kier alpha value is -2.41. The molecule has 1 aliphatic rings. The van der Waals surface area contributed by atoms with Crippen LogP contribution in [0, 0.1) is 5.92 Å². The maximum Gasteiger partial charge on any atom is 0.247 e. The molecule has 1 saturated heterocycles. The smallest absolute Gasteiger partial charge is 0.247 e.